The standard InChI is InChI=1S/C23H29N3O2/c1-16-11-12-17(2)21(14-16)25-22(27)18(3)26-13-7-8-19(15-26)23(28)24-20-9-5-4-6-10-20/h4-6,9-12,14,18-19H,7-8,13,15H2,1-3H3,(H,24,28)(H,25,27)/t18-,19+/m1/s1. The van der Waals surface area contributed by atoms with Crippen molar-refractivity contribution in [2.24, 2.45) is 5.92 Å². The summed E-state index contributed by atoms with van der Waals surface area (Å²) in [6.45, 7) is 7.35. The van der Waals surface area contributed by atoms with Crippen LogP contribution < -0.4 is 10.6 Å². The maximum absolute atomic E-state index is 12.8. The molecule has 0 aliphatic carbocycles. The molecule has 2 atom stereocenters. The van der Waals surface area contributed by atoms with Gasteiger partial charge in [0.25, 0.3) is 0 Å². The predicted molar refractivity (Wildman–Crippen MR) is 113 cm³/mol. The Morgan fingerprint density at radius 1 is 1.07 bits per heavy atom. The van der Waals surface area contributed by atoms with E-state index in [2.05, 4.69) is 15.5 Å². The van der Waals surface area contributed by atoms with Crippen LogP contribution in [0.5, 0.6) is 0 Å². The Hall–Kier alpha value is -2.66. The second-order valence-corrected chi connectivity index (χ2v) is 7.67. The minimum Gasteiger partial charge on any atom is -0.326 e. The van der Waals surface area contributed by atoms with Gasteiger partial charge in [-0.05, 0) is 69.5 Å². The van der Waals surface area contributed by atoms with E-state index in [-0.39, 0.29) is 23.8 Å². The van der Waals surface area contributed by atoms with Crippen molar-refractivity contribution >= 4 is 23.2 Å². The summed E-state index contributed by atoms with van der Waals surface area (Å²) in [5.74, 6) is -0.110. The third kappa shape index (κ3) is 4.98. The Kier molecular flexibility index (Phi) is 6.47. The number of likely N-dealkylation sites (tertiary alicyclic amines) is 1. The van der Waals surface area contributed by atoms with Gasteiger partial charge in [-0.2, -0.15) is 0 Å². The van der Waals surface area contributed by atoms with Crippen LogP contribution in [-0.2, 0) is 9.59 Å². The molecule has 2 aromatic rings. The number of para-hydroxylation sites is 1. The third-order valence-corrected chi connectivity index (χ3v) is 5.44. The Morgan fingerprint density at radius 2 is 1.82 bits per heavy atom. The average molecular weight is 380 g/mol. The summed E-state index contributed by atoms with van der Waals surface area (Å²) >= 11 is 0. The average Bonchev–Trinajstić information content (AvgIpc) is 2.71. The van der Waals surface area contributed by atoms with Crippen molar-refractivity contribution in [2.45, 2.75) is 39.7 Å². The van der Waals surface area contributed by atoms with Crippen molar-refractivity contribution in [1.29, 1.82) is 0 Å². The highest BCUT2D eigenvalue weighted by molar-refractivity contribution is 5.95. The van der Waals surface area contributed by atoms with E-state index in [0.717, 1.165) is 41.9 Å². The van der Waals surface area contributed by atoms with Gasteiger partial charge in [0.2, 0.25) is 11.8 Å². The zero-order chi connectivity index (χ0) is 20.1. The molecule has 0 radical (unpaired) electrons. The minimum atomic E-state index is -0.285. The molecule has 148 valence electrons. The highest BCUT2D eigenvalue weighted by Gasteiger charge is 2.31. The van der Waals surface area contributed by atoms with Crippen LogP contribution in [0.3, 0.4) is 0 Å². The molecule has 0 spiro atoms. The number of aryl methyl sites for hydroxylation is 2. The van der Waals surface area contributed by atoms with Crippen molar-refractivity contribution in [3.63, 3.8) is 0 Å². The molecule has 5 heteroatoms. The van der Waals surface area contributed by atoms with Crippen LogP contribution in [0.25, 0.3) is 0 Å². The first kappa shape index (κ1) is 20.1. The lowest BCUT2D eigenvalue weighted by molar-refractivity contribution is -0.125. The molecule has 0 bridgehead atoms. The van der Waals surface area contributed by atoms with Gasteiger partial charge in [-0.15, -0.1) is 0 Å². The number of anilines is 2. The summed E-state index contributed by atoms with van der Waals surface area (Å²) in [7, 11) is 0. The van der Waals surface area contributed by atoms with Crippen molar-refractivity contribution in [3.8, 4) is 0 Å². The predicted octanol–water partition coefficient (Wildman–Crippen LogP) is 3.98. The number of nitrogens with one attached hydrogen (secondary N) is 2. The van der Waals surface area contributed by atoms with Crippen molar-refractivity contribution in [3.05, 3.63) is 59.7 Å². The molecule has 5 nitrogen and oxygen atoms in total. The molecule has 1 aliphatic rings. The fourth-order valence-electron chi connectivity index (χ4n) is 3.61. The van der Waals surface area contributed by atoms with E-state index in [1.54, 1.807) is 0 Å². The van der Waals surface area contributed by atoms with E-state index in [1.807, 2.05) is 69.3 Å². The van der Waals surface area contributed by atoms with Crippen LogP contribution >= 0.6 is 0 Å². The molecule has 0 unspecified atom stereocenters. The molecule has 1 aliphatic heterocycles. The van der Waals surface area contributed by atoms with E-state index in [9.17, 15) is 9.59 Å². The van der Waals surface area contributed by atoms with Gasteiger partial charge < -0.3 is 10.6 Å². The molecule has 0 saturated carbocycles. The number of nitrogens with zero attached hydrogens (tertiary/aromatic N) is 1. The lowest BCUT2D eigenvalue weighted by Crippen LogP contribution is -2.49. The van der Waals surface area contributed by atoms with Crippen LogP contribution in [0.1, 0.15) is 30.9 Å². The highest BCUT2D eigenvalue weighted by atomic mass is 16.2. The molecule has 2 aromatic carbocycles. The van der Waals surface area contributed by atoms with E-state index in [4.69, 9.17) is 0 Å². The molecule has 2 amide bonds. The summed E-state index contributed by atoms with van der Waals surface area (Å²) in [5.41, 5.74) is 3.83. The van der Waals surface area contributed by atoms with Crippen LogP contribution in [0.15, 0.2) is 48.5 Å². The minimum absolute atomic E-state index is 0.0260. The van der Waals surface area contributed by atoms with Crippen LogP contribution in [0.2, 0.25) is 0 Å². The van der Waals surface area contributed by atoms with Gasteiger partial charge in [0.1, 0.15) is 0 Å². The van der Waals surface area contributed by atoms with Gasteiger partial charge >= 0.3 is 0 Å². The fraction of sp³-hybridized carbons (Fsp3) is 0.391. The monoisotopic (exact) mass is 379 g/mol. The maximum Gasteiger partial charge on any atom is 0.241 e. The molecule has 28 heavy (non-hydrogen) atoms. The quantitative estimate of drug-likeness (QED) is 0.826. The molecule has 1 heterocycles. The number of benzene rings is 2. The molecular weight excluding hydrogens is 350 g/mol. The maximum atomic E-state index is 12.8. The molecule has 1 fully saturated rings. The SMILES string of the molecule is Cc1ccc(C)c(NC(=O)[C@@H](C)N2CCC[C@H](C(=O)Nc3ccccc3)C2)c1. The van der Waals surface area contributed by atoms with Gasteiger partial charge in [-0.25, -0.2) is 0 Å². The van der Waals surface area contributed by atoms with Gasteiger partial charge in [0.15, 0.2) is 0 Å². The number of carbonyl (C=O) groups is 2. The third-order valence-electron chi connectivity index (χ3n) is 5.44. The van der Waals surface area contributed by atoms with Gasteiger partial charge in [0.05, 0.1) is 12.0 Å². The van der Waals surface area contributed by atoms with Crippen LogP contribution in [0.4, 0.5) is 11.4 Å². The molecule has 3 rings (SSSR count). The van der Waals surface area contributed by atoms with E-state index >= 15 is 0 Å². The second kappa shape index (κ2) is 9.02. The van der Waals surface area contributed by atoms with E-state index < -0.39 is 0 Å². The smallest absolute Gasteiger partial charge is 0.241 e. The molecule has 1 saturated heterocycles. The Labute approximate surface area is 167 Å². The summed E-state index contributed by atoms with van der Waals surface area (Å²) in [4.78, 5) is 27.5. The summed E-state index contributed by atoms with van der Waals surface area (Å²) in [6, 6.07) is 15.3. The Balaban J connectivity index is 1.60. The Bertz CT molecular complexity index is 835. The van der Waals surface area contributed by atoms with Crippen molar-refractivity contribution in [2.75, 3.05) is 23.7 Å². The summed E-state index contributed by atoms with van der Waals surface area (Å²) in [6.07, 6.45) is 1.76. The fourth-order valence-corrected chi connectivity index (χ4v) is 3.61. The van der Waals surface area contributed by atoms with Crippen LogP contribution in [-0.4, -0.2) is 35.8 Å². The Morgan fingerprint density at radius 3 is 2.57 bits per heavy atom. The largest absolute Gasteiger partial charge is 0.326 e. The normalized spacial score (nSPS) is 18.3. The summed E-state index contributed by atoms with van der Waals surface area (Å²) < 4.78 is 0. The van der Waals surface area contributed by atoms with E-state index in [0.29, 0.717) is 6.54 Å². The van der Waals surface area contributed by atoms with Gasteiger partial charge in [-0.1, -0.05) is 30.3 Å². The van der Waals surface area contributed by atoms with Gasteiger partial charge in [0, 0.05) is 17.9 Å². The van der Waals surface area contributed by atoms with Crippen molar-refractivity contribution < 1.29 is 9.59 Å². The molecule has 2 N–H and O–H groups in total. The number of amides is 2. The zero-order valence-electron chi connectivity index (χ0n) is 16.9. The highest BCUT2D eigenvalue weighted by Crippen LogP contribution is 2.22. The van der Waals surface area contributed by atoms with Crippen LogP contribution in [0, 0.1) is 19.8 Å². The number of hydrogen-bond donors (Lipinski definition) is 2. The number of rotatable bonds is 5. The lowest BCUT2D eigenvalue weighted by atomic mass is 9.95. The second-order valence-electron chi connectivity index (χ2n) is 7.67. The summed E-state index contributed by atoms with van der Waals surface area (Å²) in [5, 5.41) is 6.04. The molecular formula is C23H29N3O2. The number of piperidine rings is 1. The van der Waals surface area contributed by atoms with Crippen molar-refractivity contribution in [1.82, 2.24) is 4.90 Å². The lowest BCUT2D eigenvalue weighted by Gasteiger charge is -2.35. The number of carbonyl (C=O) groups excluding carboxylic acids is 2. The molecule has 0 aromatic heterocycles. The first-order chi connectivity index (χ1) is 13.4. The zero-order valence-corrected chi connectivity index (χ0v) is 16.9. The first-order valence-electron chi connectivity index (χ1n) is 9.92. The van der Waals surface area contributed by atoms with Gasteiger partial charge in [-0.3, -0.25) is 14.5 Å². The number of hydrogen-bond acceptors (Lipinski definition) is 3. The first-order valence-corrected chi connectivity index (χ1v) is 9.92. The van der Waals surface area contributed by atoms with E-state index in [1.165, 1.54) is 0 Å². The topological polar surface area (TPSA) is 61.4 Å².